The van der Waals surface area contributed by atoms with Crippen LogP contribution in [0.5, 0.6) is 11.5 Å². The molecule has 0 bridgehead atoms. The second kappa shape index (κ2) is 10.0. The molecule has 0 atom stereocenters. The zero-order chi connectivity index (χ0) is 21.3. The Morgan fingerprint density at radius 1 is 1.03 bits per heavy atom. The van der Waals surface area contributed by atoms with E-state index in [1.807, 2.05) is 42.5 Å². The van der Waals surface area contributed by atoms with E-state index in [0.717, 1.165) is 11.3 Å². The number of ketones is 1. The fraction of sp³-hybridized carbons (Fsp3) is 0.125. The van der Waals surface area contributed by atoms with Gasteiger partial charge in [0.2, 0.25) is 0 Å². The molecule has 3 rings (SSSR count). The molecule has 6 nitrogen and oxygen atoms in total. The minimum Gasteiger partial charge on any atom is -0.496 e. The van der Waals surface area contributed by atoms with Gasteiger partial charge in [0.1, 0.15) is 18.1 Å². The summed E-state index contributed by atoms with van der Waals surface area (Å²) in [6.07, 6.45) is 4.60. The van der Waals surface area contributed by atoms with Crippen molar-refractivity contribution in [2.45, 2.75) is 13.0 Å². The molecule has 1 N–H and O–H groups in total. The number of aliphatic carboxylic acids is 1. The number of methoxy groups -OCH3 is 1. The zero-order valence-electron chi connectivity index (χ0n) is 16.4. The highest BCUT2D eigenvalue weighted by molar-refractivity contribution is 6.07. The van der Waals surface area contributed by atoms with Crippen LogP contribution in [-0.4, -0.2) is 29.0 Å². The zero-order valence-corrected chi connectivity index (χ0v) is 16.4. The molecule has 0 radical (unpaired) electrons. The average molecular weight is 403 g/mol. The topological polar surface area (TPSA) is 85.7 Å². The molecule has 0 aliphatic heterocycles. The molecule has 0 amide bonds. The van der Waals surface area contributed by atoms with Gasteiger partial charge in [0.15, 0.2) is 5.78 Å². The molecule has 0 spiro atoms. The predicted octanol–water partition coefficient (Wildman–Crippen LogP) is 4.19. The van der Waals surface area contributed by atoms with Crippen LogP contribution in [0, 0.1) is 0 Å². The van der Waals surface area contributed by atoms with Gasteiger partial charge < -0.3 is 14.6 Å². The first-order valence-electron chi connectivity index (χ1n) is 9.29. The number of carboxylic acids is 1. The summed E-state index contributed by atoms with van der Waals surface area (Å²) in [5.41, 5.74) is 2.39. The molecule has 3 aromatic rings. The van der Waals surface area contributed by atoms with E-state index in [9.17, 15) is 9.59 Å². The number of carbonyl (C=O) groups excluding carboxylic acids is 1. The van der Waals surface area contributed by atoms with E-state index in [2.05, 4.69) is 4.98 Å². The van der Waals surface area contributed by atoms with Crippen LogP contribution in [0.1, 0.15) is 27.2 Å². The van der Waals surface area contributed by atoms with E-state index in [4.69, 9.17) is 14.6 Å². The van der Waals surface area contributed by atoms with Crippen molar-refractivity contribution in [3.05, 3.63) is 95.3 Å². The molecule has 2 aromatic carbocycles. The molecular formula is C24H21NO5. The van der Waals surface area contributed by atoms with Gasteiger partial charge in [0.05, 0.1) is 19.2 Å². The summed E-state index contributed by atoms with van der Waals surface area (Å²) < 4.78 is 11.0. The second-order valence-corrected chi connectivity index (χ2v) is 6.44. The van der Waals surface area contributed by atoms with Crippen LogP contribution in [0.3, 0.4) is 0 Å². The molecule has 0 fully saturated rings. The number of carbonyl (C=O) groups is 2. The summed E-state index contributed by atoms with van der Waals surface area (Å²) in [5, 5.41) is 9.06. The molecule has 0 aliphatic rings. The van der Waals surface area contributed by atoms with Crippen LogP contribution in [0.15, 0.2) is 72.9 Å². The fourth-order valence-corrected chi connectivity index (χ4v) is 2.88. The van der Waals surface area contributed by atoms with Crippen molar-refractivity contribution in [2.75, 3.05) is 7.11 Å². The lowest BCUT2D eigenvalue weighted by Gasteiger charge is -2.09. The number of rotatable bonds is 9. The van der Waals surface area contributed by atoms with E-state index < -0.39 is 5.97 Å². The summed E-state index contributed by atoms with van der Waals surface area (Å²) in [5.74, 6) is -0.170. The Bertz CT molecular complexity index is 1060. The number of hydrogen-bond acceptors (Lipinski definition) is 5. The molecule has 1 aromatic heterocycles. The molecule has 0 saturated carbocycles. The van der Waals surface area contributed by atoms with Gasteiger partial charge in [-0.2, -0.15) is 0 Å². The summed E-state index contributed by atoms with van der Waals surface area (Å²) in [6, 6.07) is 17.8. The van der Waals surface area contributed by atoms with Crippen molar-refractivity contribution in [1.82, 2.24) is 4.98 Å². The van der Waals surface area contributed by atoms with Crippen molar-refractivity contribution in [1.29, 1.82) is 0 Å². The normalized spacial score (nSPS) is 10.7. The molecule has 1 heterocycles. The molecule has 6 heteroatoms. The number of benzene rings is 2. The first kappa shape index (κ1) is 20.8. The fourth-order valence-electron chi connectivity index (χ4n) is 2.88. The third kappa shape index (κ3) is 5.54. The van der Waals surface area contributed by atoms with Gasteiger partial charge in [-0.15, -0.1) is 0 Å². The number of nitrogens with zero attached hydrogens (tertiary/aromatic N) is 1. The minimum atomic E-state index is -0.993. The Morgan fingerprint density at radius 2 is 1.83 bits per heavy atom. The predicted molar refractivity (Wildman–Crippen MR) is 113 cm³/mol. The van der Waals surface area contributed by atoms with Gasteiger partial charge in [-0.05, 0) is 48.6 Å². The highest BCUT2D eigenvalue weighted by Gasteiger charge is 2.11. The molecule has 30 heavy (non-hydrogen) atoms. The van der Waals surface area contributed by atoms with Gasteiger partial charge >= 0.3 is 5.97 Å². The van der Waals surface area contributed by atoms with Crippen molar-refractivity contribution >= 4 is 17.8 Å². The molecule has 0 aliphatic carbocycles. The van der Waals surface area contributed by atoms with Crippen LogP contribution in [0.4, 0.5) is 0 Å². The SMILES string of the molecule is COc1ccc(C(=O)/C=C/c2ccccc2OCc2ccccn2)cc1CC(=O)O. The third-order valence-corrected chi connectivity index (χ3v) is 4.34. The van der Waals surface area contributed by atoms with E-state index in [-0.39, 0.29) is 12.2 Å². The van der Waals surface area contributed by atoms with E-state index in [1.54, 1.807) is 30.5 Å². The molecule has 0 saturated heterocycles. The summed E-state index contributed by atoms with van der Waals surface area (Å²) in [4.78, 5) is 27.9. The number of hydrogen-bond donors (Lipinski definition) is 1. The summed E-state index contributed by atoms with van der Waals surface area (Å²) in [7, 11) is 1.46. The van der Waals surface area contributed by atoms with Crippen molar-refractivity contribution in [2.24, 2.45) is 0 Å². The number of allylic oxidation sites excluding steroid dienone is 1. The van der Waals surface area contributed by atoms with Gasteiger partial charge in [-0.1, -0.05) is 24.3 Å². The lowest BCUT2D eigenvalue weighted by Crippen LogP contribution is -2.04. The Labute approximate surface area is 174 Å². The number of carboxylic acid groups (broad SMARTS) is 1. The van der Waals surface area contributed by atoms with E-state index >= 15 is 0 Å². The van der Waals surface area contributed by atoms with Crippen molar-refractivity contribution < 1.29 is 24.2 Å². The first-order valence-corrected chi connectivity index (χ1v) is 9.29. The van der Waals surface area contributed by atoms with Crippen LogP contribution in [-0.2, 0) is 17.8 Å². The summed E-state index contributed by atoms with van der Waals surface area (Å²) in [6.45, 7) is 0.316. The Hall–Kier alpha value is -3.93. The van der Waals surface area contributed by atoms with Crippen LogP contribution >= 0.6 is 0 Å². The largest absolute Gasteiger partial charge is 0.496 e. The third-order valence-electron chi connectivity index (χ3n) is 4.34. The lowest BCUT2D eigenvalue weighted by atomic mass is 10.0. The van der Waals surface area contributed by atoms with Crippen molar-refractivity contribution in [3.8, 4) is 11.5 Å². The number of aromatic nitrogens is 1. The van der Waals surface area contributed by atoms with E-state index in [0.29, 0.717) is 29.2 Å². The number of ether oxygens (including phenoxy) is 2. The highest BCUT2D eigenvalue weighted by Crippen LogP contribution is 2.23. The van der Waals surface area contributed by atoms with Gasteiger partial charge in [-0.25, -0.2) is 0 Å². The Balaban J connectivity index is 1.76. The maximum atomic E-state index is 12.6. The molecule has 0 unspecified atom stereocenters. The Kier molecular flexibility index (Phi) is 6.95. The molecule has 152 valence electrons. The van der Waals surface area contributed by atoms with Crippen molar-refractivity contribution in [3.63, 3.8) is 0 Å². The van der Waals surface area contributed by atoms with Gasteiger partial charge in [-0.3, -0.25) is 14.6 Å². The first-order chi connectivity index (χ1) is 14.6. The monoisotopic (exact) mass is 403 g/mol. The smallest absolute Gasteiger partial charge is 0.307 e. The standard InChI is InChI=1S/C24H21NO5/c1-29-22-12-10-18(14-19(22)15-24(27)28)21(26)11-9-17-6-2-3-8-23(17)30-16-20-7-4-5-13-25-20/h2-14H,15-16H2,1H3,(H,27,28)/b11-9+. The van der Waals surface area contributed by atoms with Crippen LogP contribution < -0.4 is 9.47 Å². The van der Waals surface area contributed by atoms with Gasteiger partial charge in [0.25, 0.3) is 0 Å². The molecular weight excluding hydrogens is 382 g/mol. The van der Waals surface area contributed by atoms with Gasteiger partial charge in [0, 0.05) is 22.9 Å². The maximum Gasteiger partial charge on any atom is 0.307 e. The average Bonchev–Trinajstić information content (AvgIpc) is 2.77. The quantitative estimate of drug-likeness (QED) is 0.426. The number of para-hydroxylation sites is 1. The lowest BCUT2D eigenvalue weighted by molar-refractivity contribution is -0.136. The second-order valence-electron chi connectivity index (χ2n) is 6.44. The van der Waals surface area contributed by atoms with Crippen LogP contribution in [0.25, 0.3) is 6.08 Å². The van der Waals surface area contributed by atoms with Crippen LogP contribution in [0.2, 0.25) is 0 Å². The summed E-state index contributed by atoms with van der Waals surface area (Å²) >= 11 is 0. The minimum absolute atomic E-state index is 0.224. The highest BCUT2D eigenvalue weighted by atomic mass is 16.5. The Morgan fingerprint density at radius 3 is 2.57 bits per heavy atom. The number of pyridine rings is 1. The maximum absolute atomic E-state index is 12.6. The van der Waals surface area contributed by atoms with E-state index in [1.165, 1.54) is 13.2 Å².